The van der Waals surface area contributed by atoms with Gasteiger partial charge < -0.3 is 0 Å². The number of thiazole rings is 1. The van der Waals surface area contributed by atoms with Crippen LogP contribution in [0.25, 0.3) is 15.3 Å². The number of H-pyrrole nitrogens is 1. The van der Waals surface area contributed by atoms with Crippen molar-refractivity contribution in [2.45, 2.75) is 18.7 Å². The van der Waals surface area contributed by atoms with Crippen LogP contribution < -0.4 is 10.7 Å². The molecule has 0 unspecified atom stereocenters. The van der Waals surface area contributed by atoms with Crippen LogP contribution in [0.2, 0.25) is 0 Å². The van der Waals surface area contributed by atoms with Crippen LogP contribution in [0.1, 0.15) is 18.2 Å². The first-order valence-electron chi connectivity index (χ1n) is 8.60. The van der Waals surface area contributed by atoms with Crippen LogP contribution in [-0.4, -0.2) is 28.9 Å². The molecule has 0 fully saturated rings. The lowest BCUT2D eigenvalue weighted by molar-refractivity contribution is 0.598. The first-order chi connectivity index (χ1) is 13.7. The lowest BCUT2D eigenvalue weighted by Gasteiger charge is -2.01. The summed E-state index contributed by atoms with van der Waals surface area (Å²) in [7, 11) is -3.76. The average molecular weight is 428 g/mol. The topological polar surface area (TPSA) is 123 Å². The third-order valence-corrected chi connectivity index (χ3v) is 6.32. The summed E-state index contributed by atoms with van der Waals surface area (Å²) < 4.78 is 25.1. The highest BCUT2D eigenvalue weighted by Crippen LogP contribution is 2.24. The molecule has 4 rings (SSSR count). The largest absolute Gasteiger partial charge is 0.293 e. The number of hydrogen-bond donors (Lipinski definition) is 2. The van der Waals surface area contributed by atoms with Gasteiger partial charge in [0.2, 0.25) is 15.2 Å². The predicted molar refractivity (Wildman–Crippen MR) is 114 cm³/mol. The molecule has 0 saturated heterocycles. The van der Waals surface area contributed by atoms with Crippen LogP contribution in [0.5, 0.6) is 0 Å². The number of aromatic nitrogens is 3. The van der Waals surface area contributed by atoms with Crippen molar-refractivity contribution in [1.82, 2.24) is 14.8 Å². The van der Waals surface area contributed by atoms with E-state index in [2.05, 4.69) is 15.1 Å². The molecule has 0 bridgehead atoms. The molecule has 2 aromatic heterocycles. The summed E-state index contributed by atoms with van der Waals surface area (Å²) in [5.41, 5.74) is 2.71. The van der Waals surface area contributed by atoms with E-state index in [1.165, 1.54) is 40.3 Å². The smallest absolute Gasteiger partial charge is 0.282 e. The molecular weight excluding hydrogens is 410 g/mol. The molecule has 0 aliphatic carbocycles. The number of sulfonamides is 1. The summed E-state index contributed by atoms with van der Waals surface area (Å²) in [4.78, 5) is 22.0. The van der Waals surface area contributed by atoms with E-state index in [-0.39, 0.29) is 10.5 Å². The van der Waals surface area contributed by atoms with Gasteiger partial charge in [0.25, 0.3) is 5.56 Å². The van der Waals surface area contributed by atoms with Crippen LogP contribution in [0, 0.1) is 6.92 Å². The van der Waals surface area contributed by atoms with Gasteiger partial charge >= 0.3 is 0 Å². The highest BCUT2D eigenvalue weighted by atomic mass is 32.2. The predicted octanol–water partition coefficient (Wildman–Crippen LogP) is 2.87. The third kappa shape index (κ3) is 3.65. The second-order valence-electron chi connectivity index (χ2n) is 6.45. The molecule has 4 aromatic rings. The van der Waals surface area contributed by atoms with Crippen molar-refractivity contribution in [3.8, 4) is 5.13 Å². The quantitative estimate of drug-likeness (QED) is 0.486. The van der Waals surface area contributed by atoms with Crippen LogP contribution >= 0.6 is 11.3 Å². The summed E-state index contributed by atoms with van der Waals surface area (Å²) in [5.74, 6) is 0. The maximum atomic E-state index is 13.0. The van der Waals surface area contributed by atoms with Gasteiger partial charge in [-0.2, -0.15) is 4.68 Å². The molecule has 2 heterocycles. The number of benzene rings is 2. The van der Waals surface area contributed by atoms with Crippen molar-refractivity contribution < 1.29 is 8.42 Å². The second kappa shape index (κ2) is 7.07. The summed E-state index contributed by atoms with van der Waals surface area (Å²) in [6, 6.07) is 13.5. The van der Waals surface area contributed by atoms with E-state index in [0.29, 0.717) is 27.8 Å². The van der Waals surface area contributed by atoms with E-state index >= 15 is 0 Å². The van der Waals surface area contributed by atoms with Gasteiger partial charge in [0.05, 0.1) is 32.1 Å². The summed E-state index contributed by atoms with van der Waals surface area (Å²) in [5, 5.41) is 8.72. The van der Waals surface area contributed by atoms with Gasteiger partial charge in [-0.15, -0.1) is 0 Å². The first-order valence-corrected chi connectivity index (χ1v) is 11.0. The molecule has 0 atom stereocenters. The Morgan fingerprint density at radius 1 is 1.17 bits per heavy atom. The summed E-state index contributed by atoms with van der Waals surface area (Å²) in [6.45, 7) is 3.53. The molecule has 0 radical (unpaired) electrons. The number of nitrogens with one attached hydrogen (secondary N) is 1. The van der Waals surface area contributed by atoms with E-state index < -0.39 is 10.0 Å². The maximum absolute atomic E-state index is 13.0. The zero-order valence-electron chi connectivity index (χ0n) is 15.6. The van der Waals surface area contributed by atoms with E-state index in [0.717, 1.165) is 10.2 Å². The fourth-order valence-corrected chi connectivity index (χ4v) is 4.46. The minimum absolute atomic E-state index is 0.00474. The number of fused-ring (bicyclic) bond motifs is 1. The van der Waals surface area contributed by atoms with Crippen molar-refractivity contribution in [3.05, 3.63) is 70.1 Å². The maximum Gasteiger partial charge on any atom is 0.282 e. The number of nitrogens with two attached hydrogens (primary N) is 1. The molecule has 10 heteroatoms. The van der Waals surface area contributed by atoms with Crippen LogP contribution in [0.4, 0.5) is 5.69 Å². The van der Waals surface area contributed by atoms with Crippen LogP contribution in [0.3, 0.4) is 0 Å². The SMILES string of the molecule is CC(=Nc1ccc(S(N)(=O)=O)cc1)c1c(C)[nH]n(-c2nc3ccccc3s2)c1=O. The Kier molecular flexibility index (Phi) is 4.69. The minimum atomic E-state index is -3.76. The molecule has 29 heavy (non-hydrogen) atoms. The number of rotatable bonds is 4. The summed E-state index contributed by atoms with van der Waals surface area (Å²) in [6.07, 6.45) is 0. The molecule has 3 N–H and O–H groups in total. The third-order valence-electron chi connectivity index (χ3n) is 4.37. The second-order valence-corrected chi connectivity index (χ2v) is 9.02. The number of aliphatic imine (C=N–C) groups is 1. The van der Waals surface area contributed by atoms with Crippen molar-refractivity contribution >= 4 is 43.0 Å². The minimum Gasteiger partial charge on any atom is -0.293 e. The van der Waals surface area contributed by atoms with Crippen LogP contribution in [0.15, 0.2) is 63.2 Å². The Morgan fingerprint density at radius 3 is 2.52 bits per heavy atom. The number of aryl methyl sites for hydroxylation is 1. The van der Waals surface area contributed by atoms with Crippen molar-refractivity contribution in [3.63, 3.8) is 0 Å². The molecule has 8 nitrogen and oxygen atoms in total. The Morgan fingerprint density at radius 2 is 1.86 bits per heavy atom. The molecular formula is C19H17N5O3S2. The van der Waals surface area contributed by atoms with Crippen molar-refractivity contribution in [2.75, 3.05) is 0 Å². The molecule has 0 saturated carbocycles. The fraction of sp³-hybridized carbons (Fsp3) is 0.105. The van der Waals surface area contributed by atoms with E-state index in [1.807, 2.05) is 24.3 Å². The first kappa shape index (κ1) is 19.2. The van der Waals surface area contributed by atoms with Gasteiger partial charge in [0.15, 0.2) is 0 Å². The lowest BCUT2D eigenvalue weighted by Crippen LogP contribution is -2.19. The standard InChI is InChI=1S/C19H17N5O3S2/c1-11(21-13-7-9-14(10-8-13)29(20,26)27)17-12(2)23-24(18(17)25)19-22-15-5-3-4-6-16(15)28-19/h3-10,23H,1-2H3,(H2,20,26,27). The van der Waals surface area contributed by atoms with Gasteiger partial charge in [-0.1, -0.05) is 23.5 Å². The normalized spacial score (nSPS) is 12.6. The lowest BCUT2D eigenvalue weighted by atomic mass is 10.2. The Hall–Kier alpha value is -3.08. The molecule has 2 aromatic carbocycles. The summed E-state index contributed by atoms with van der Waals surface area (Å²) >= 11 is 1.42. The molecule has 0 spiro atoms. The molecule has 0 aliphatic rings. The highest BCUT2D eigenvalue weighted by Gasteiger charge is 2.17. The molecule has 0 amide bonds. The molecule has 148 valence electrons. The number of aromatic amines is 1. The van der Waals surface area contributed by atoms with Crippen molar-refractivity contribution in [1.29, 1.82) is 0 Å². The van der Waals surface area contributed by atoms with Gasteiger partial charge in [-0.25, -0.2) is 18.5 Å². The van der Waals surface area contributed by atoms with Gasteiger partial charge in [-0.05, 0) is 50.2 Å². The van der Waals surface area contributed by atoms with Gasteiger partial charge in [-0.3, -0.25) is 14.9 Å². The van der Waals surface area contributed by atoms with E-state index in [4.69, 9.17) is 5.14 Å². The van der Waals surface area contributed by atoms with Crippen LogP contribution in [-0.2, 0) is 10.0 Å². The molecule has 0 aliphatic heterocycles. The number of para-hydroxylation sites is 1. The number of primary sulfonamides is 1. The Bertz CT molecular complexity index is 1380. The Balaban J connectivity index is 1.73. The fourth-order valence-electron chi connectivity index (χ4n) is 3.02. The van der Waals surface area contributed by atoms with E-state index in [1.54, 1.807) is 13.8 Å². The average Bonchev–Trinajstić information content (AvgIpc) is 3.21. The monoisotopic (exact) mass is 427 g/mol. The van der Waals surface area contributed by atoms with Gasteiger partial charge in [0.1, 0.15) is 0 Å². The van der Waals surface area contributed by atoms with Gasteiger partial charge in [0, 0.05) is 5.69 Å². The zero-order chi connectivity index (χ0) is 20.8. The van der Waals surface area contributed by atoms with Crippen molar-refractivity contribution in [2.24, 2.45) is 10.1 Å². The number of nitrogens with zero attached hydrogens (tertiary/aromatic N) is 3. The zero-order valence-corrected chi connectivity index (χ0v) is 17.2. The number of hydrogen-bond acceptors (Lipinski definition) is 6. The Labute approximate surface area is 170 Å². The highest BCUT2D eigenvalue weighted by molar-refractivity contribution is 7.89. The van der Waals surface area contributed by atoms with E-state index in [9.17, 15) is 13.2 Å².